The number of nitro groups is 1. The number of rotatable bonds is 6. The Bertz CT molecular complexity index is 652. The van der Waals surface area contributed by atoms with E-state index in [1.807, 2.05) is 19.0 Å². The third-order valence-corrected chi connectivity index (χ3v) is 2.36. The largest absolute Gasteiger partial charge is 0.433 e. The molecule has 0 aliphatic rings. The van der Waals surface area contributed by atoms with Crippen molar-refractivity contribution >= 4 is 17.9 Å². The van der Waals surface area contributed by atoms with E-state index in [0.717, 1.165) is 0 Å². The van der Waals surface area contributed by atoms with Crippen LogP contribution in [0.4, 0.5) is 11.7 Å². The van der Waals surface area contributed by atoms with Crippen molar-refractivity contribution in [1.82, 2.24) is 14.9 Å². The summed E-state index contributed by atoms with van der Waals surface area (Å²) in [6.07, 6.45) is 3.21. The summed E-state index contributed by atoms with van der Waals surface area (Å²) in [7, 11) is 3.86. The van der Waals surface area contributed by atoms with Crippen molar-refractivity contribution in [2.45, 2.75) is 0 Å². The van der Waals surface area contributed by atoms with Gasteiger partial charge in [-0.15, -0.1) is 0 Å². The van der Waals surface area contributed by atoms with Gasteiger partial charge < -0.3 is 9.32 Å². The standard InChI is InChI=1S/C12H14N6O3/c1-17(2)8-7-14-16-10-5-6-13-12(15-10)9-3-4-11(21-9)18(19)20/h3-7H,8H2,1-2H3,(H,13,15,16). The van der Waals surface area contributed by atoms with Gasteiger partial charge in [0, 0.05) is 25.0 Å². The fraction of sp³-hybridized carbons (Fsp3) is 0.250. The first kappa shape index (κ1) is 14.6. The summed E-state index contributed by atoms with van der Waals surface area (Å²) in [4.78, 5) is 20.1. The molecule has 2 rings (SSSR count). The van der Waals surface area contributed by atoms with Crippen molar-refractivity contribution in [3.63, 3.8) is 0 Å². The number of nitrogens with zero attached hydrogens (tertiary/aromatic N) is 5. The number of hydrogen-bond donors (Lipinski definition) is 1. The van der Waals surface area contributed by atoms with E-state index in [4.69, 9.17) is 4.42 Å². The van der Waals surface area contributed by atoms with E-state index in [0.29, 0.717) is 12.4 Å². The molecule has 0 spiro atoms. The van der Waals surface area contributed by atoms with E-state index >= 15 is 0 Å². The molecular formula is C12H14N6O3. The molecule has 9 heteroatoms. The van der Waals surface area contributed by atoms with Crippen molar-refractivity contribution < 1.29 is 9.34 Å². The average molecular weight is 290 g/mol. The van der Waals surface area contributed by atoms with Gasteiger partial charge in [0.1, 0.15) is 10.7 Å². The molecule has 0 aromatic carbocycles. The number of nitrogens with one attached hydrogen (secondary N) is 1. The lowest BCUT2D eigenvalue weighted by atomic mass is 10.4. The van der Waals surface area contributed by atoms with Crippen LogP contribution in [0.25, 0.3) is 11.6 Å². The Labute approximate surface area is 120 Å². The van der Waals surface area contributed by atoms with Gasteiger partial charge in [-0.1, -0.05) is 0 Å². The highest BCUT2D eigenvalue weighted by atomic mass is 16.6. The Morgan fingerprint density at radius 3 is 2.95 bits per heavy atom. The van der Waals surface area contributed by atoms with Gasteiger partial charge in [0.2, 0.25) is 0 Å². The van der Waals surface area contributed by atoms with E-state index in [2.05, 4.69) is 20.5 Å². The smallest absolute Gasteiger partial charge is 0.397 e. The maximum Gasteiger partial charge on any atom is 0.433 e. The van der Waals surface area contributed by atoms with Gasteiger partial charge in [0.05, 0.1) is 6.07 Å². The van der Waals surface area contributed by atoms with Crippen LogP contribution < -0.4 is 5.43 Å². The first-order valence-electron chi connectivity index (χ1n) is 6.06. The molecule has 0 saturated heterocycles. The van der Waals surface area contributed by atoms with Crippen LogP contribution in [-0.4, -0.2) is 46.6 Å². The Morgan fingerprint density at radius 2 is 2.29 bits per heavy atom. The normalized spacial score (nSPS) is 11.2. The molecule has 0 aliphatic heterocycles. The topological polar surface area (TPSA) is 110 Å². The molecule has 2 aromatic rings. The number of hydrazone groups is 1. The minimum Gasteiger partial charge on any atom is -0.397 e. The van der Waals surface area contributed by atoms with Crippen LogP contribution in [0.15, 0.2) is 33.9 Å². The first-order chi connectivity index (χ1) is 10.1. The lowest BCUT2D eigenvalue weighted by Crippen LogP contribution is -2.14. The lowest BCUT2D eigenvalue weighted by molar-refractivity contribution is -0.401. The SMILES string of the molecule is CN(C)CC=NNc1ccnc(-c2ccc([N+](=O)[O-])o2)n1. The number of aromatic nitrogens is 2. The van der Waals surface area contributed by atoms with Crippen LogP contribution in [-0.2, 0) is 0 Å². The second-order valence-electron chi connectivity index (χ2n) is 4.35. The fourth-order valence-corrected chi connectivity index (χ4v) is 1.40. The van der Waals surface area contributed by atoms with Crippen molar-refractivity contribution in [1.29, 1.82) is 0 Å². The summed E-state index contributed by atoms with van der Waals surface area (Å²) >= 11 is 0. The van der Waals surface area contributed by atoms with Crippen LogP contribution in [0, 0.1) is 10.1 Å². The highest BCUT2D eigenvalue weighted by Crippen LogP contribution is 2.23. The highest BCUT2D eigenvalue weighted by molar-refractivity contribution is 5.61. The van der Waals surface area contributed by atoms with Gasteiger partial charge in [0.15, 0.2) is 11.6 Å². The molecule has 0 amide bonds. The second kappa shape index (κ2) is 6.57. The molecule has 0 bridgehead atoms. The molecule has 0 atom stereocenters. The van der Waals surface area contributed by atoms with Crippen molar-refractivity contribution in [3.8, 4) is 11.6 Å². The minimum atomic E-state index is -0.614. The summed E-state index contributed by atoms with van der Waals surface area (Å²) in [5, 5.41) is 14.6. The number of furan rings is 1. The summed E-state index contributed by atoms with van der Waals surface area (Å²) in [6.45, 7) is 0.690. The van der Waals surface area contributed by atoms with E-state index in [9.17, 15) is 10.1 Å². The lowest BCUT2D eigenvalue weighted by Gasteiger charge is -2.04. The minimum absolute atomic E-state index is 0.225. The maximum atomic E-state index is 10.6. The summed E-state index contributed by atoms with van der Waals surface area (Å²) in [6, 6.07) is 4.34. The average Bonchev–Trinajstić information content (AvgIpc) is 2.94. The number of hydrogen-bond acceptors (Lipinski definition) is 8. The molecular weight excluding hydrogens is 276 g/mol. The molecule has 0 unspecified atom stereocenters. The Morgan fingerprint density at radius 1 is 1.48 bits per heavy atom. The van der Waals surface area contributed by atoms with Crippen LogP contribution in [0.2, 0.25) is 0 Å². The van der Waals surface area contributed by atoms with Crippen LogP contribution in [0.5, 0.6) is 0 Å². The summed E-state index contributed by atoms with van der Waals surface area (Å²) in [5.74, 6) is 0.587. The van der Waals surface area contributed by atoms with Gasteiger partial charge in [-0.3, -0.25) is 15.5 Å². The van der Waals surface area contributed by atoms with Gasteiger partial charge in [0.25, 0.3) is 0 Å². The molecule has 1 N–H and O–H groups in total. The van der Waals surface area contributed by atoms with Gasteiger partial charge in [-0.25, -0.2) is 9.97 Å². The summed E-state index contributed by atoms with van der Waals surface area (Å²) < 4.78 is 5.05. The zero-order valence-corrected chi connectivity index (χ0v) is 11.6. The molecule has 0 aliphatic carbocycles. The van der Waals surface area contributed by atoms with E-state index in [-0.39, 0.29) is 17.5 Å². The van der Waals surface area contributed by atoms with Crippen LogP contribution >= 0.6 is 0 Å². The Balaban J connectivity index is 2.09. The molecule has 21 heavy (non-hydrogen) atoms. The van der Waals surface area contributed by atoms with Gasteiger partial charge in [-0.05, 0) is 20.2 Å². The highest BCUT2D eigenvalue weighted by Gasteiger charge is 2.14. The van der Waals surface area contributed by atoms with Crippen molar-refractivity contribution in [2.24, 2.45) is 5.10 Å². The maximum absolute atomic E-state index is 10.6. The van der Waals surface area contributed by atoms with E-state index in [1.165, 1.54) is 18.3 Å². The van der Waals surface area contributed by atoms with Crippen LogP contribution in [0.3, 0.4) is 0 Å². The molecule has 2 heterocycles. The first-order valence-corrected chi connectivity index (χ1v) is 6.06. The zero-order valence-electron chi connectivity index (χ0n) is 11.6. The molecule has 9 nitrogen and oxygen atoms in total. The molecule has 2 aromatic heterocycles. The third-order valence-electron chi connectivity index (χ3n) is 2.36. The quantitative estimate of drug-likeness (QED) is 0.488. The van der Waals surface area contributed by atoms with Crippen molar-refractivity contribution in [3.05, 3.63) is 34.5 Å². The molecule has 110 valence electrons. The third kappa shape index (κ3) is 4.08. The van der Waals surface area contributed by atoms with Crippen molar-refractivity contribution in [2.75, 3.05) is 26.1 Å². The predicted octanol–water partition coefficient (Wildman–Crippen LogP) is 1.60. The number of anilines is 1. The fourth-order valence-electron chi connectivity index (χ4n) is 1.40. The van der Waals surface area contributed by atoms with E-state index < -0.39 is 4.92 Å². The summed E-state index contributed by atoms with van der Waals surface area (Å²) in [5.41, 5.74) is 2.76. The van der Waals surface area contributed by atoms with E-state index in [1.54, 1.807) is 12.3 Å². The van der Waals surface area contributed by atoms with Crippen LogP contribution in [0.1, 0.15) is 0 Å². The molecule has 0 radical (unpaired) electrons. The molecule has 0 saturated carbocycles. The monoisotopic (exact) mass is 290 g/mol. The second-order valence-corrected chi connectivity index (χ2v) is 4.35. The molecule has 0 fully saturated rings. The Kier molecular flexibility index (Phi) is 4.57. The predicted molar refractivity (Wildman–Crippen MR) is 77.1 cm³/mol. The zero-order chi connectivity index (χ0) is 15.2. The van der Waals surface area contributed by atoms with Gasteiger partial charge >= 0.3 is 5.88 Å². The van der Waals surface area contributed by atoms with Gasteiger partial charge in [-0.2, -0.15) is 5.10 Å². The Hall–Kier alpha value is -2.81.